The molecule has 0 bridgehead atoms. The molecule has 8 nitrogen and oxygen atoms in total. The van der Waals surface area contributed by atoms with Crippen molar-refractivity contribution in [2.75, 3.05) is 5.32 Å². The van der Waals surface area contributed by atoms with Crippen LogP contribution in [0.15, 0.2) is 52.1 Å². The summed E-state index contributed by atoms with van der Waals surface area (Å²) in [6.07, 6.45) is 5.84. The van der Waals surface area contributed by atoms with Crippen molar-refractivity contribution in [3.05, 3.63) is 74.4 Å². The fourth-order valence-electron chi connectivity index (χ4n) is 4.85. The van der Waals surface area contributed by atoms with Crippen molar-refractivity contribution in [2.45, 2.75) is 77.9 Å². The van der Waals surface area contributed by atoms with E-state index in [1.54, 1.807) is 24.3 Å². The van der Waals surface area contributed by atoms with E-state index in [0.29, 0.717) is 35.9 Å². The predicted molar refractivity (Wildman–Crippen MR) is 141 cm³/mol. The fourth-order valence-corrected chi connectivity index (χ4v) is 4.85. The number of carbonyl (C=O) groups excluding carboxylic acids is 2. The molecule has 0 saturated heterocycles. The van der Waals surface area contributed by atoms with Crippen molar-refractivity contribution < 1.29 is 9.59 Å². The third-order valence-corrected chi connectivity index (χ3v) is 6.86. The fraction of sp³-hybridized carbons (Fsp3) is 0.429. The van der Waals surface area contributed by atoms with Crippen molar-refractivity contribution in [3.63, 3.8) is 0 Å². The summed E-state index contributed by atoms with van der Waals surface area (Å²) in [5.41, 5.74) is 2.16. The van der Waals surface area contributed by atoms with Gasteiger partial charge in [-0.15, -0.1) is 0 Å². The molecule has 4 rings (SSSR count). The van der Waals surface area contributed by atoms with Gasteiger partial charge in [-0.1, -0.05) is 37.1 Å². The van der Waals surface area contributed by atoms with Gasteiger partial charge in [0.1, 0.15) is 6.54 Å². The maximum atomic E-state index is 13.3. The smallest absolute Gasteiger partial charge is 0.331 e. The number of hydrogen-bond donors (Lipinski definition) is 2. The summed E-state index contributed by atoms with van der Waals surface area (Å²) in [6.45, 7) is 3.83. The highest BCUT2D eigenvalue weighted by molar-refractivity contribution is 5.92. The number of amides is 2. The molecule has 2 amide bonds. The Hall–Kier alpha value is -3.68. The molecule has 0 atom stereocenters. The SMILES string of the molecule is Cc1ccc(C)c(NC(=O)Cn2c(=O)n(CCCCC(=O)NC3CCCC3)c(=O)c3ccccc32)c1. The minimum Gasteiger partial charge on any atom is -0.353 e. The first-order valence-electron chi connectivity index (χ1n) is 12.7. The zero-order valence-electron chi connectivity index (χ0n) is 21.0. The van der Waals surface area contributed by atoms with Crippen LogP contribution in [0.5, 0.6) is 0 Å². The molecule has 1 heterocycles. The van der Waals surface area contributed by atoms with Gasteiger partial charge >= 0.3 is 5.69 Å². The molecule has 190 valence electrons. The Labute approximate surface area is 210 Å². The van der Waals surface area contributed by atoms with Crippen LogP contribution in [0.4, 0.5) is 5.69 Å². The molecule has 3 aromatic rings. The highest BCUT2D eigenvalue weighted by atomic mass is 16.2. The van der Waals surface area contributed by atoms with Crippen molar-refractivity contribution in [2.24, 2.45) is 0 Å². The minimum absolute atomic E-state index is 0.0216. The molecule has 8 heteroatoms. The first-order valence-corrected chi connectivity index (χ1v) is 12.7. The van der Waals surface area contributed by atoms with Crippen LogP contribution in [0.1, 0.15) is 56.1 Å². The molecule has 2 N–H and O–H groups in total. The lowest BCUT2D eigenvalue weighted by molar-refractivity contribution is -0.122. The van der Waals surface area contributed by atoms with Gasteiger partial charge in [0.2, 0.25) is 11.8 Å². The zero-order valence-corrected chi connectivity index (χ0v) is 21.0. The molecule has 0 aliphatic heterocycles. The number of aryl methyl sites for hydroxylation is 2. The van der Waals surface area contributed by atoms with Gasteiger partial charge in [0.05, 0.1) is 10.9 Å². The number of benzene rings is 2. The van der Waals surface area contributed by atoms with Gasteiger partial charge in [0.15, 0.2) is 0 Å². The van der Waals surface area contributed by atoms with E-state index in [0.717, 1.165) is 36.8 Å². The first-order chi connectivity index (χ1) is 17.3. The van der Waals surface area contributed by atoms with E-state index in [9.17, 15) is 19.2 Å². The molecule has 1 saturated carbocycles. The van der Waals surface area contributed by atoms with E-state index in [1.807, 2.05) is 32.0 Å². The van der Waals surface area contributed by atoms with Crippen LogP contribution < -0.4 is 21.9 Å². The number of aromatic nitrogens is 2. The third kappa shape index (κ3) is 5.93. The van der Waals surface area contributed by atoms with Crippen molar-refractivity contribution in [3.8, 4) is 0 Å². The maximum absolute atomic E-state index is 13.3. The maximum Gasteiger partial charge on any atom is 0.331 e. The minimum atomic E-state index is -0.523. The van der Waals surface area contributed by atoms with Crippen LogP contribution in [0.2, 0.25) is 0 Å². The third-order valence-electron chi connectivity index (χ3n) is 6.86. The zero-order chi connectivity index (χ0) is 25.7. The van der Waals surface area contributed by atoms with Gasteiger partial charge in [-0.25, -0.2) is 4.79 Å². The van der Waals surface area contributed by atoms with E-state index in [4.69, 9.17) is 0 Å². The van der Waals surface area contributed by atoms with Crippen molar-refractivity contribution >= 4 is 28.4 Å². The summed E-state index contributed by atoms with van der Waals surface area (Å²) in [5.74, 6) is -0.321. The van der Waals surface area contributed by atoms with Gasteiger partial charge in [-0.3, -0.25) is 23.5 Å². The normalized spacial score (nSPS) is 13.7. The van der Waals surface area contributed by atoms with E-state index in [-0.39, 0.29) is 36.5 Å². The average molecular weight is 491 g/mol. The number of nitrogens with one attached hydrogen (secondary N) is 2. The first kappa shape index (κ1) is 25.4. The quantitative estimate of drug-likeness (QED) is 0.447. The summed E-state index contributed by atoms with van der Waals surface area (Å²) in [7, 11) is 0. The number of para-hydroxylation sites is 1. The second kappa shape index (κ2) is 11.4. The standard InChI is InChI=1S/C28H34N4O4/c1-19-14-15-20(2)23(17-19)30-26(34)18-32-24-12-6-5-11-22(24)27(35)31(28(32)36)16-8-7-13-25(33)29-21-9-3-4-10-21/h5-6,11-12,14-15,17,21H,3-4,7-10,13,16,18H2,1-2H3,(H,29,33)(H,30,34). The highest BCUT2D eigenvalue weighted by Crippen LogP contribution is 2.18. The van der Waals surface area contributed by atoms with Gasteiger partial charge in [0.25, 0.3) is 5.56 Å². The van der Waals surface area contributed by atoms with Gasteiger partial charge < -0.3 is 10.6 Å². The van der Waals surface area contributed by atoms with Gasteiger partial charge in [0, 0.05) is 24.7 Å². The molecule has 0 spiro atoms. The second-order valence-electron chi connectivity index (χ2n) is 9.72. The Bertz CT molecular complexity index is 1380. The number of hydrogen-bond acceptors (Lipinski definition) is 4. The highest BCUT2D eigenvalue weighted by Gasteiger charge is 2.18. The monoisotopic (exact) mass is 490 g/mol. The van der Waals surface area contributed by atoms with Crippen LogP contribution in [0.3, 0.4) is 0 Å². The number of carbonyl (C=O) groups is 2. The topological polar surface area (TPSA) is 102 Å². The van der Waals surface area contributed by atoms with Gasteiger partial charge in [-0.2, -0.15) is 0 Å². The Morgan fingerprint density at radius 2 is 1.69 bits per heavy atom. The molecule has 1 aliphatic rings. The van der Waals surface area contributed by atoms with Crippen LogP contribution in [0, 0.1) is 13.8 Å². The van der Waals surface area contributed by atoms with Crippen LogP contribution in [0.25, 0.3) is 10.9 Å². The van der Waals surface area contributed by atoms with E-state index in [1.165, 1.54) is 9.13 Å². The molecule has 1 aliphatic carbocycles. The molecule has 36 heavy (non-hydrogen) atoms. The number of unbranched alkanes of at least 4 members (excludes halogenated alkanes) is 1. The lowest BCUT2D eigenvalue weighted by Gasteiger charge is -2.15. The Kier molecular flexibility index (Phi) is 8.03. The Morgan fingerprint density at radius 1 is 0.944 bits per heavy atom. The average Bonchev–Trinajstić information content (AvgIpc) is 3.36. The lowest BCUT2D eigenvalue weighted by atomic mass is 10.1. The Balaban J connectivity index is 1.49. The number of rotatable bonds is 9. The van der Waals surface area contributed by atoms with Crippen LogP contribution >= 0.6 is 0 Å². The molecule has 1 fully saturated rings. The largest absolute Gasteiger partial charge is 0.353 e. The van der Waals surface area contributed by atoms with E-state index < -0.39 is 5.69 Å². The molecular weight excluding hydrogens is 456 g/mol. The second-order valence-corrected chi connectivity index (χ2v) is 9.72. The van der Waals surface area contributed by atoms with Crippen LogP contribution in [-0.4, -0.2) is 27.0 Å². The van der Waals surface area contributed by atoms with Crippen molar-refractivity contribution in [1.82, 2.24) is 14.5 Å². The molecule has 0 unspecified atom stereocenters. The van der Waals surface area contributed by atoms with E-state index in [2.05, 4.69) is 10.6 Å². The summed E-state index contributed by atoms with van der Waals surface area (Å²) < 4.78 is 2.53. The number of nitrogens with zero attached hydrogens (tertiary/aromatic N) is 2. The number of fused-ring (bicyclic) bond motifs is 1. The van der Waals surface area contributed by atoms with Crippen LogP contribution in [-0.2, 0) is 22.7 Å². The molecule has 0 radical (unpaired) electrons. The molecule has 1 aromatic heterocycles. The summed E-state index contributed by atoms with van der Waals surface area (Å²) in [4.78, 5) is 51.5. The Morgan fingerprint density at radius 3 is 2.47 bits per heavy atom. The van der Waals surface area contributed by atoms with E-state index >= 15 is 0 Å². The summed E-state index contributed by atoms with van der Waals surface area (Å²) in [6, 6.07) is 12.9. The summed E-state index contributed by atoms with van der Waals surface area (Å²) >= 11 is 0. The summed E-state index contributed by atoms with van der Waals surface area (Å²) in [5, 5.41) is 6.34. The number of anilines is 1. The molecular formula is C28H34N4O4. The predicted octanol–water partition coefficient (Wildman–Crippen LogP) is 3.65. The van der Waals surface area contributed by atoms with Gasteiger partial charge in [-0.05, 0) is 68.9 Å². The molecule has 2 aromatic carbocycles. The van der Waals surface area contributed by atoms with Crippen molar-refractivity contribution in [1.29, 1.82) is 0 Å². The lowest BCUT2D eigenvalue weighted by Crippen LogP contribution is -2.41.